The summed E-state index contributed by atoms with van der Waals surface area (Å²) < 4.78 is 24.2. The van der Waals surface area contributed by atoms with Crippen molar-refractivity contribution in [3.63, 3.8) is 0 Å². The quantitative estimate of drug-likeness (QED) is 0.580. The van der Waals surface area contributed by atoms with Crippen molar-refractivity contribution in [1.29, 1.82) is 0 Å². The molecular weight excluding hydrogens is 290 g/mol. The topological polar surface area (TPSA) is 92.5 Å². The number of hydrogen-bond acceptors (Lipinski definition) is 4. The Bertz CT molecular complexity index is 599. The molecule has 1 rings (SSSR count). The van der Waals surface area contributed by atoms with Gasteiger partial charge in [0.15, 0.2) is 0 Å². The molecular formula is C14H23N3O3S. The lowest BCUT2D eigenvalue weighted by Crippen LogP contribution is -2.33. The molecule has 0 aliphatic carbocycles. The second kappa shape index (κ2) is 7.42. The number of carbonyl (C=O) groups is 1. The van der Waals surface area contributed by atoms with Crippen LogP contribution in [0, 0.1) is 6.92 Å². The van der Waals surface area contributed by atoms with Gasteiger partial charge in [-0.15, -0.1) is 0 Å². The molecule has 0 saturated heterocycles. The Morgan fingerprint density at radius 3 is 2.57 bits per heavy atom. The van der Waals surface area contributed by atoms with Crippen molar-refractivity contribution in [2.45, 2.75) is 20.3 Å². The van der Waals surface area contributed by atoms with E-state index in [0.29, 0.717) is 37.3 Å². The maximum absolute atomic E-state index is 11.9. The molecule has 0 saturated carbocycles. The van der Waals surface area contributed by atoms with Gasteiger partial charge in [-0.1, -0.05) is 13.0 Å². The van der Waals surface area contributed by atoms with Crippen LogP contribution in [0.3, 0.4) is 0 Å². The number of sulfonamides is 1. The van der Waals surface area contributed by atoms with Crippen LogP contribution in [0.15, 0.2) is 18.2 Å². The van der Waals surface area contributed by atoms with Gasteiger partial charge in [-0.25, -0.2) is 12.7 Å². The normalized spacial score (nSPS) is 11.6. The molecule has 0 bridgehead atoms. The van der Waals surface area contributed by atoms with Gasteiger partial charge in [0.2, 0.25) is 10.0 Å². The zero-order valence-electron chi connectivity index (χ0n) is 12.7. The first-order chi connectivity index (χ1) is 9.75. The van der Waals surface area contributed by atoms with Crippen LogP contribution in [-0.2, 0) is 10.0 Å². The number of benzene rings is 1. The first kappa shape index (κ1) is 17.5. The summed E-state index contributed by atoms with van der Waals surface area (Å²) in [5.41, 5.74) is 7.78. The highest BCUT2D eigenvalue weighted by molar-refractivity contribution is 7.88. The van der Waals surface area contributed by atoms with E-state index in [9.17, 15) is 13.2 Å². The zero-order valence-corrected chi connectivity index (χ0v) is 13.5. The third kappa shape index (κ3) is 5.35. The molecule has 0 aliphatic heterocycles. The van der Waals surface area contributed by atoms with Gasteiger partial charge in [-0.2, -0.15) is 0 Å². The van der Waals surface area contributed by atoms with Gasteiger partial charge in [0.05, 0.1) is 6.26 Å². The van der Waals surface area contributed by atoms with Gasteiger partial charge in [-0.05, 0) is 31.0 Å². The van der Waals surface area contributed by atoms with Gasteiger partial charge in [-0.3, -0.25) is 4.79 Å². The maximum Gasteiger partial charge on any atom is 0.251 e. The van der Waals surface area contributed by atoms with Crippen LogP contribution in [0.5, 0.6) is 0 Å². The fraction of sp³-hybridized carbons (Fsp3) is 0.500. The number of aryl methyl sites for hydroxylation is 1. The van der Waals surface area contributed by atoms with Crippen LogP contribution in [0.4, 0.5) is 5.69 Å². The molecule has 3 N–H and O–H groups in total. The molecule has 7 heteroatoms. The molecule has 1 aromatic rings. The molecule has 0 spiro atoms. The molecule has 0 aliphatic rings. The average Bonchev–Trinajstić information content (AvgIpc) is 2.40. The smallest absolute Gasteiger partial charge is 0.251 e. The monoisotopic (exact) mass is 313 g/mol. The lowest BCUT2D eigenvalue weighted by Gasteiger charge is -2.17. The van der Waals surface area contributed by atoms with Crippen LogP contribution < -0.4 is 11.1 Å². The lowest BCUT2D eigenvalue weighted by molar-refractivity contribution is 0.0953. The Hall–Kier alpha value is -1.60. The molecule has 6 nitrogen and oxygen atoms in total. The molecule has 0 fully saturated rings. The van der Waals surface area contributed by atoms with E-state index < -0.39 is 10.0 Å². The summed E-state index contributed by atoms with van der Waals surface area (Å²) in [5, 5.41) is 2.76. The van der Waals surface area contributed by atoms with E-state index in [1.807, 2.05) is 6.92 Å². The standard InChI is InChI=1S/C14H23N3O3S/c1-4-17(21(3,19)20)9-5-8-16-14(18)12-7-6-11(2)13(15)10-12/h6-7,10H,4-5,8-9,15H2,1-3H3,(H,16,18). The lowest BCUT2D eigenvalue weighted by atomic mass is 10.1. The number of nitrogen functional groups attached to an aromatic ring is 1. The summed E-state index contributed by atoms with van der Waals surface area (Å²) in [7, 11) is -3.17. The minimum atomic E-state index is -3.17. The molecule has 118 valence electrons. The summed E-state index contributed by atoms with van der Waals surface area (Å²) >= 11 is 0. The van der Waals surface area contributed by atoms with Crippen molar-refractivity contribution < 1.29 is 13.2 Å². The number of anilines is 1. The van der Waals surface area contributed by atoms with Gasteiger partial charge in [0, 0.05) is 30.9 Å². The number of nitrogens with zero attached hydrogens (tertiary/aromatic N) is 1. The molecule has 0 radical (unpaired) electrons. The third-order valence-corrected chi connectivity index (χ3v) is 4.61. The molecule has 21 heavy (non-hydrogen) atoms. The van der Waals surface area contributed by atoms with Crippen molar-refractivity contribution in [3.05, 3.63) is 29.3 Å². The molecule has 0 unspecified atom stereocenters. The Morgan fingerprint density at radius 2 is 2.05 bits per heavy atom. The van der Waals surface area contributed by atoms with E-state index in [2.05, 4.69) is 5.32 Å². The molecule has 0 aromatic heterocycles. The SMILES string of the molecule is CCN(CCCNC(=O)c1ccc(C)c(N)c1)S(C)(=O)=O. The summed E-state index contributed by atoms with van der Waals surface area (Å²) in [6.07, 6.45) is 1.75. The largest absolute Gasteiger partial charge is 0.398 e. The maximum atomic E-state index is 11.9. The number of rotatable bonds is 7. The zero-order chi connectivity index (χ0) is 16.0. The highest BCUT2D eigenvalue weighted by atomic mass is 32.2. The van der Waals surface area contributed by atoms with Crippen molar-refractivity contribution in [1.82, 2.24) is 9.62 Å². The number of amides is 1. The van der Waals surface area contributed by atoms with Crippen molar-refractivity contribution in [2.24, 2.45) is 0 Å². The van der Waals surface area contributed by atoms with E-state index in [4.69, 9.17) is 5.73 Å². The second-order valence-electron chi connectivity index (χ2n) is 4.94. The highest BCUT2D eigenvalue weighted by Crippen LogP contribution is 2.12. The van der Waals surface area contributed by atoms with Crippen LogP contribution >= 0.6 is 0 Å². The van der Waals surface area contributed by atoms with Crippen LogP contribution in [0.1, 0.15) is 29.3 Å². The predicted molar refractivity (Wildman–Crippen MR) is 84.6 cm³/mol. The number of carbonyl (C=O) groups excluding carboxylic acids is 1. The fourth-order valence-corrected chi connectivity index (χ4v) is 2.83. The second-order valence-corrected chi connectivity index (χ2v) is 6.92. The molecule has 1 amide bonds. The van der Waals surface area contributed by atoms with Crippen LogP contribution in [-0.4, -0.2) is 44.5 Å². The molecule has 1 aromatic carbocycles. The van der Waals surface area contributed by atoms with E-state index in [0.717, 1.165) is 5.56 Å². The fourth-order valence-electron chi connectivity index (χ4n) is 1.90. The van der Waals surface area contributed by atoms with Crippen molar-refractivity contribution >= 4 is 21.6 Å². The summed E-state index contributed by atoms with van der Waals surface area (Å²) in [4.78, 5) is 11.9. The van der Waals surface area contributed by atoms with E-state index >= 15 is 0 Å². The highest BCUT2D eigenvalue weighted by Gasteiger charge is 2.13. The van der Waals surface area contributed by atoms with Crippen molar-refractivity contribution in [2.75, 3.05) is 31.6 Å². The predicted octanol–water partition coefficient (Wildman–Crippen LogP) is 0.979. The number of nitrogens with one attached hydrogen (secondary N) is 1. The van der Waals surface area contributed by atoms with E-state index in [1.54, 1.807) is 25.1 Å². The number of nitrogens with two attached hydrogens (primary N) is 1. The number of hydrogen-bond donors (Lipinski definition) is 2. The first-order valence-electron chi connectivity index (χ1n) is 6.85. The van der Waals surface area contributed by atoms with Crippen molar-refractivity contribution in [3.8, 4) is 0 Å². The summed E-state index contributed by atoms with van der Waals surface area (Å²) in [6, 6.07) is 5.15. The first-order valence-corrected chi connectivity index (χ1v) is 8.70. The Labute approximate surface area is 126 Å². The van der Waals surface area contributed by atoms with E-state index in [-0.39, 0.29) is 5.91 Å². The minimum Gasteiger partial charge on any atom is -0.398 e. The van der Waals surface area contributed by atoms with Crippen LogP contribution in [0.25, 0.3) is 0 Å². The molecule has 0 heterocycles. The third-order valence-electron chi connectivity index (χ3n) is 3.23. The van der Waals surface area contributed by atoms with Crippen LogP contribution in [0.2, 0.25) is 0 Å². The minimum absolute atomic E-state index is 0.205. The van der Waals surface area contributed by atoms with Gasteiger partial charge < -0.3 is 11.1 Å². The van der Waals surface area contributed by atoms with E-state index in [1.165, 1.54) is 10.6 Å². The Kier molecular flexibility index (Phi) is 6.17. The van der Waals surface area contributed by atoms with Gasteiger partial charge in [0.25, 0.3) is 5.91 Å². The summed E-state index contributed by atoms with van der Waals surface area (Å²) in [6.45, 7) is 4.90. The molecule has 0 atom stereocenters. The average molecular weight is 313 g/mol. The van der Waals surface area contributed by atoms with Gasteiger partial charge >= 0.3 is 0 Å². The Balaban J connectivity index is 2.45. The Morgan fingerprint density at radius 1 is 1.38 bits per heavy atom. The van der Waals surface area contributed by atoms with Gasteiger partial charge in [0.1, 0.15) is 0 Å². The summed E-state index contributed by atoms with van der Waals surface area (Å²) in [5.74, 6) is -0.205.